The van der Waals surface area contributed by atoms with Crippen LogP contribution in [0.5, 0.6) is 0 Å². The molecule has 33 heavy (non-hydrogen) atoms. The van der Waals surface area contributed by atoms with Gasteiger partial charge in [0.25, 0.3) is 5.91 Å². The van der Waals surface area contributed by atoms with Gasteiger partial charge in [0.05, 0.1) is 6.04 Å². The molecule has 0 saturated heterocycles. The van der Waals surface area contributed by atoms with E-state index in [0.717, 1.165) is 30.4 Å². The van der Waals surface area contributed by atoms with E-state index < -0.39 is 0 Å². The molecule has 0 fully saturated rings. The molecule has 0 N–H and O–H groups in total. The van der Waals surface area contributed by atoms with E-state index in [2.05, 4.69) is 18.4 Å². The van der Waals surface area contributed by atoms with Gasteiger partial charge in [0.15, 0.2) is 0 Å². The van der Waals surface area contributed by atoms with Crippen molar-refractivity contribution in [3.8, 4) is 0 Å². The maximum absolute atomic E-state index is 13.7. The number of carbonyl (C=O) groups is 2. The molecule has 4 rings (SSSR count). The number of hydrogen-bond donors (Lipinski definition) is 0. The molecular weight excluding hydrogens is 475 g/mol. The van der Waals surface area contributed by atoms with Crippen molar-refractivity contribution in [2.75, 3.05) is 19.6 Å². The van der Waals surface area contributed by atoms with Crippen molar-refractivity contribution in [3.63, 3.8) is 0 Å². The van der Waals surface area contributed by atoms with Crippen molar-refractivity contribution in [1.29, 1.82) is 0 Å². The van der Waals surface area contributed by atoms with Crippen LogP contribution < -0.4 is 0 Å². The molecule has 1 aliphatic heterocycles. The van der Waals surface area contributed by atoms with Crippen LogP contribution in [0.1, 0.15) is 52.2 Å². The van der Waals surface area contributed by atoms with E-state index in [-0.39, 0.29) is 24.4 Å². The number of amides is 2. The molecule has 0 aliphatic carbocycles. The van der Waals surface area contributed by atoms with Crippen molar-refractivity contribution >= 4 is 46.4 Å². The SMILES string of the molecule is CCCCN(CC(=O)N1CCc2sccc2C1c1ccc(Cl)cc1Cl)C(=O)c1ccccc1. The Morgan fingerprint density at radius 2 is 1.88 bits per heavy atom. The van der Waals surface area contributed by atoms with Crippen molar-refractivity contribution in [1.82, 2.24) is 9.80 Å². The van der Waals surface area contributed by atoms with E-state index in [1.807, 2.05) is 29.2 Å². The number of rotatable bonds is 7. The molecule has 0 radical (unpaired) electrons. The quantitative estimate of drug-likeness (QED) is 0.372. The molecule has 1 aliphatic rings. The van der Waals surface area contributed by atoms with E-state index >= 15 is 0 Å². The Morgan fingerprint density at radius 1 is 1.09 bits per heavy atom. The smallest absolute Gasteiger partial charge is 0.254 e. The van der Waals surface area contributed by atoms with E-state index in [1.165, 1.54) is 4.88 Å². The highest BCUT2D eigenvalue weighted by Crippen LogP contribution is 2.41. The van der Waals surface area contributed by atoms with Crippen LogP contribution in [0.25, 0.3) is 0 Å². The zero-order valence-electron chi connectivity index (χ0n) is 18.5. The topological polar surface area (TPSA) is 40.6 Å². The second kappa shape index (κ2) is 10.7. The van der Waals surface area contributed by atoms with E-state index in [4.69, 9.17) is 23.2 Å². The number of fused-ring (bicyclic) bond motifs is 1. The molecule has 1 unspecified atom stereocenters. The number of unbranched alkanes of at least 4 members (excludes halogenated alkanes) is 1. The molecule has 2 heterocycles. The minimum absolute atomic E-state index is 0.0366. The van der Waals surface area contributed by atoms with Crippen molar-refractivity contribution in [2.45, 2.75) is 32.2 Å². The first-order valence-corrected chi connectivity index (χ1v) is 12.8. The summed E-state index contributed by atoms with van der Waals surface area (Å²) in [5, 5.41) is 3.15. The number of nitrogens with zero attached hydrogens (tertiary/aromatic N) is 2. The fourth-order valence-electron chi connectivity index (χ4n) is 4.26. The number of carbonyl (C=O) groups excluding carboxylic acids is 2. The summed E-state index contributed by atoms with van der Waals surface area (Å²) in [5.41, 5.74) is 2.54. The molecule has 2 amide bonds. The molecule has 172 valence electrons. The predicted octanol–water partition coefficient (Wildman–Crippen LogP) is 6.47. The lowest BCUT2D eigenvalue weighted by atomic mass is 9.93. The molecule has 3 aromatic rings. The summed E-state index contributed by atoms with van der Waals surface area (Å²) in [5.74, 6) is -0.199. The van der Waals surface area contributed by atoms with Gasteiger partial charge < -0.3 is 9.80 Å². The zero-order chi connectivity index (χ0) is 23.4. The Hall–Kier alpha value is -2.34. The number of benzene rings is 2. The monoisotopic (exact) mass is 500 g/mol. The standard InChI is InChI=1S/C26H26Cl2N2O2S/c1-2-3-13-29(26(32)18-7-5-4-6-8-18)17-24(31)30-14-11-23-21(12-15-33-23)25(30)20-10-9-19(27)16-22(20)28/h4-10,12,15-16,25H,2-3,11,13-14,17H2,1H3. The van der Waals surface area contributed by atoms with Gasteiger partial charge in [-0.3, -0.25) is 9.59 Å². The molecule has 7 heteroatoms. The van der Waals surface area contributed by atoms with Gasteiger partial charge in [-0.05, 0) is 59.7 Å². The maximum atomic E-state index is 13.7. The Labute approximate surface area is 208 Å². The Kier molecular flexibility index (Phi) is 7.74. The lowest BCUT2D eigenvalue weighted by molar-refractivity contribution is -0.134. The molecule has 0 spiro atoms. The number of halogens is 2. The van der Waals surface area contributed by atoms with Crippen LogP contribution >= 0.6 is 34.5 Å². The van der Waals surface area contributed by atoms with Gasteiger partial charge in [-0.1, -0.05) is 60.8 Å². The third kappa shape index (κ3) is 5.26. The lowest BCUT2D eigenvalue weighted by Gasteiger charge is -2.38. The highest BCUT2D eigenvalue weighted by molar-refractivity contribution is 7.10. The van der Waals surface area contributed by atoms with Crippen LogP contribution in [0.4, 0.5) is 0 Å². The van der Waals surface area contributed by atoms with Gasteiger partial charge in [-0.2, -0.15) is 0 Å². The average Bonchev–Trinajstić information content (AvgIpc) is 3.30. The molecule has 0 saturated carbocycles. The molecule has 2 aromatic carbocycles. The van der Waals surface area contributed by atoms with Gasteiger partial charge in [0.1, 0.15) is 6.54 Å². The van der Waals surface area contributed by atoms with Crippen LogP contribution in [0.3, 0.4) is 0 Å². The lowest BCUT2D eigenvalue weighted by Crippen LogP contribution is -2.47. The Morgan fingerprint density at radius 3 is 2.61 bits per heavy atom. The minimum Gasteiger partial charge on any atom is -0.330 e. The van der Waals surface area contributed by atoms with Gasteiger partial charge >= 0.3 is 0 Å². The van der Waals surface area contributed by atoms with Crippen LogP contribution in [-0.2, 0) is 11.2 Å². The Bertz CT molecular complexity index is 1130. The average molecular weight is 501 g/mol. The summed E-state index contributed by atoms with van der Waals surface area (Å²) in [7, 11) is 0. The third-order valence-electron chi connectivity index (χ3n) is 5.96. The van der Waals surface area contributed by atoms with E-state index in [9.17, 15) is 9.59 Å². The number of thiophene rings is 1. The van der Waals surface area contributed by atoms with Crippen LogP contribution in [0.2, 0.25) is 10.0 Å². The highest BCUT2D eigenvalue weighted by Gasteiger charge is 2.35. The van der Waals surface area contributed by atoms with Crippen molar-refractivity contribution in [2.24, 2.45) is 0 Å². The molecular formula is C26H26Cl2N2O2S. The summed E-state index contributed by atoms with van der Waals surface area (Å²) in [6, 6.07) is 16.3. The fraction of sp³-hybridized carbons (Fsp3) is 0.308. The van der Waals surface area contributed by atoms with Crippen molar-refractivity contribution in [3.05, 3.63) is 91.6 Å². The van der Waals surface area contributed by atoms with Crippen molar-refractivity contribution < 1.29 is 9.59 Å². The first kappa shape index (κ1) is 23.8. The molecule has 1 aromatic heterocycles. The summed E-state index contributed by atoms with van der Waals surface area (Å²) in [6.45, 7) is 3.24. The normalized spacial score (nSPS) is 15.2. The Balaban J connectivity index is 1.63. The summed E-state index contributed by atoms with van der Waals surface area (Å²) in [4.78, 5) is 31.7. The van der Waals surface area contributed by atoms with Crippen LogP contribution in [0.15, 0.2) is 60.0 Å². The van der Waals surface area contributed by atoms with E-state index in [1.54, 1.807) is 40.5 Å². The second-order valence-electron chi connectivity index (χ2n) is 8.15. The zero-order valence-corrected chi connectivity index (χ0v) is 20.8. The summed E-state index contributed by atoms with van der Waals surface area (Å²) in [6.07, 6.45) is 2.58. The second-order valence-corrected chi connectivity index (χ2v) is 10.00. The molecule has 4 nitrogen and oxygen atoms in total. The first-order valence-electron chi connectivity index (χ1n) is 11.1. The van der Waals surface area contributed by atoms with Gasteiger partial charge in [-0.15, -0.1) is 11.3 Å². The van der Waals surface area contributed by atoms with Gasteiger partial charge in [0, 0.05) is 33.6 Å². The third-order valence-corrected chi connectivity index (χ3v) is 7.52. The van der Waals surface area contributed by atoms with Gasteiger partial charge in [-0.25, -0.2) is 0 Å². The maximum Gasteiger partial charge on any atom is 0.254 e. The summed E-state index contributed by atoms with van der Waals surface area (Å²) >= 11 is 14.4. The minimum atomic E-state index is -0.294. The van der Waals surface area contributed by atoms with E-state index in [0.29, 0.717) is 28.7 Å². The highest BCUT2D eigenvalue weighted by atomic mass is 35.5. The molecule has 1 atom stereocenters. The first-order chi connectivity index (χ1) is 16.0. The predicted molar refractivity (Wildman–Crippen MR) is 135 cm³/mol. The van der Waals surface area contributed by atoms with Crippen LogP contribution in [-0.4, -0.2) is 41.2 Å². The van der Waals surface area contributed by atoms with Crippen LogP contribution in [0, 0.1) is 0 Å². The largest absolute Gasteiger partial charge is 0.330 e. The number of hydrogen-bond acceptors (Lipinski definition) is 3. The van der Waals surface area contributed by atoms with Gasteiger partial charge in [0.2, 0.25) is 5.91 Å². The fourth-order valence-corrected chi connectivity index (χ4v) is 5.68. The summed E-state index contributed by atoms with van der Waals surface area (Å²) < 4.78 is 0. The molecule has 0 bridgehead atoms.